The first-order valence-corrected chi connectivity index (χ1v) is 7.79. The molecule has 0 fully saturated rings. The van der Waals surface area contributed by atoms with Crippen molar-refractivity contribution in [3.63, 3.8) is 0 Å². The molecule has 2 heterocycles. The van der Waals surface area contributed by atoms with E-state index in [-0.39, 0.29) is 0 Å². The van der Waals surface area contributed by atoms with Gasteiger partial charge in [-0.1, -0.05) is 19.9 Å². The predicted octanol–water partition coefficient (Wildman–Crippen LogP) is 4.40. The maximum Gasteiger partial charge on any atom is 0.109 e. The molecule has 2 aromatic rings. The van der Waals surface area contributed by atoms with E-state index in [1.807, 2.05) is 22.9 Å². The van der Waals surface area contributed by atoms with Crippen molar-refractivity contribution in [2.24, 2.45) is 0 Å². The number of rotatable bonds is 6. The Morgan fingerprint density at radius 3 is 2.53 bits per heavy atom. The number of thiazole rings is 1. The summed E-state index contributed by atoms with van der Waals surface area (Å²) in [6, 6.07) is 5.15. The van der Waals surface area contributed by atoms with Crippen LogP contribution in [0.4, 0.5) is 0 Å². The first-order chi connectivity index (χ1) is 8.35. The molecule has 2 aromatic heterocycles. The molecule has 0 aliphatic rings. The molecule has 0 saturated heterocycles. The highest BCUT2D eigenvalue weighted by molar-refractivity contribution is 7.10. The van der Waals surface area contributed by atoms with E-state index < -0.39 is 0 Å². The summed E-state index contributed by atoms with van der Waals surface area (Å²) in [6.45, 7) is 4.44. The van der Waals surface area contributed by atoms with Gasteiger partial charge >= 0.3 is 0 Å². The largest absolute Gasteiger partial charge is 0.300 e. The molecule has 0 amide bonds. The topological polar surface area (TPSA) is 24.9 Å². The van der Waals surface area contributed by atoms with Gasteiger partial charge in [-0.2, -0.15) is 0 Å². The van der Waals surface area contributed by atoms with Crippen LogP contribution in [0.5, 0.6) is 0 Å². The molecular weight excluding hydrogens is 248 g/mol. The first kappa shape index (κ1) is 12.7. The van der Waals surface area contributed by atoms with Gasteiger partial charge in [0.1, 0.15) is 5.01 Å². The Labute approximate surface area is 111 Å². The van der Waals surface area contributed by atoms with Gasteiger partial charge in [-0.3, -0.25) is 0 Å². The normalized spacial score (nSPS) is 14.7. The summed E-state index contributed by atoms with van der Waals surface area (Å²) in [6.07, 6.45) is 4.08. The maximum atomic E-state index is 4.42. The molecule has 1 N–H and O–H groups in total. The van der Waals surface area contributed by atoms with Gasteiger partial charge < -0.3 is 5.32 Å². The van der Waals surface area contributed by atoms with Crippen molar-refractivity contribution in [1.29, 1.82) is 0 Å². The van der Waals surface area contributed by atoms with Gasteiger partial charge in [0, 0.05) is 22.5 Å². The summed E-state index contributed by atoms with van der Waals surface area (Å²) >= 11 is 3.56. The Bertz CT molecular complexity index is 368. The fourth-order valence-corrected chi connectivity index (χ4v) is 3.56. The average molecular weight is 266 g/mol. The van der Waals surface area contributed by atoms with Gasteiger partial charge in [0.05, 0.1) is 6.04 Å². The summed E-state index contributed by atoms with van der Waals surface area (Å²) in [5, 5.41) is 9.10. The zero-order valence-corrected chi connectivity index (χ0v) is 11.9. The highest BCUT2D eigenvalue weighted by atomic mass is 32.1. The maximum absolute atomic E-state index is 4.42. The minimum absolute atomic E-state index is 0.377. The van der Waals surface area contributed by atoms with Gasteiger partial charge in [-0.25, -0.2) is 4.98 Å². The van der Waals surface area contributed by atoms with Crippen LogP contribution in [-0.2, 0) is 0 Å². The summed E-state index contributed by atoms with van der Waals surface area (Å²) in [5.74, 6) is 0. The lowest BCUT2D eigenvalue weighted by Gasteiger charge is -2.22. The lowest BCUT2D eigenvalue weighted by atomic mass is 10.1. The van der Waals surface area contributed by atoms with Crippen molar-refractivity contribution in [3.8, 4) is 0 Å². The minimum Gasteiger partial charge on any atom is -0.300 e. The molecular formula is C13H18N2S2. The second-order valence-electron chi connectivity index (χ2n) is 3.97. The zero-order valence-electron chi connectivity index (χ0n) is 10.2. The lowest BCUT2D eigenvalue weighted by molar-refractivity contribution is 0.429. The average Bonchev–Trinajstić information content (AvgIpc) is 3.03. The Balaban J connectivity index is 2.07. The predicted molar refractivity (Wildman–Crippen MR) is 75.6 cm³/mol. The van der Waals surface area contributed by atoms with Crippen molar-refractivity contribution in [3.05, 3.63) is 39.0 Å². The number of nitrogens with zero attached hydrogens (tertiary/aromatic N) is 1. The summed E-state index contributed by atoms with van der Waals surface area (Å²) in [5.41, 5.74) is 0. The van der Waals surface area contributed by atoms with Crippen molar-refractivity contribution in [2.75, 3.05) is 0 Å². The van der Waals surface area contributed by atoms with E-state index >= 15 is 0 Å². The second-order valence-corrected chi connectivity index (χ2v) is 5.88. The van der Waals surface area contributed by atoms with Crippen LogP contribution in [0.3, 0.4) is 0 Å². The summed E-state index contributed by atoms with van der Waals surface area (Å²) in [4.78, 5) is 5.83. The van der Waals surface area contributed by atoms with Gasteiger partial charge in [-0.05, 0) is 24.3 Å². The molecule has 4 heteroatoms. The first-order valence-electron chi connectivity index (χ1n) is 6.04. The monoisotopic (exact) mass is 266 g/mol. The third-order valence-electron chi connectivity index (χ3n) is 2.86. The van der Waals surface area contributed by atoms with E-state index in [0.29, 0.717) is 12.1 Å². The summed E-state index contributed by atoms with van der Waals surface area (Å²) < 4.78 is 0. The molecule has 0 aliphatic carbocycles. The fourth-order valence-electron chi connectivity index (χ4n) is 1.90. The van der Waals surface area contributed by atoms with Crippen molar-refractivity contribution in [2.45, 2.75) is 38.8 Å². The molecule has 2 atom stereocenters. The molecule has 0 saturated carbocycles. The Kier molecular flexibility index (Phi) is 4.71. The molecule has 0 aliphatic heterocycles. The molecule has 0 aromatic carbocycles. The van der Waals surface area contributed by atoms with Crippen LogP contribution in [0.25, 0.3) is 0 Å². The number of nitrogens with one attached hydrogen (secondary N) is 1. The quantitative estimate of drug-likeness (QED) is 0.838. The van der Waals surface area contributed by atoms with Gasteiger partial charge in [-0.15, -0.1) is 22.7 Å². The number of aromatic nitrogens is 1. The Morgan fingerprint density at radius 1 is 1.18 bits per heavy atom. The molecule has 0 bridgehead atoms. The Hall–Kier alpha value is -0.710. The van der Waals surface area contributed by atoms with E-state index in [1.165, 1.54) is 9.88 Å². The van der Waals surface area contributed by atoms with Crippen LogP contribution < -0.4 is 5.32 Å². The van der Waals surface area contributed by atoms with E-state index in [0.717, 1.165) is 12.8 Å². The smallest absolute Gasteiger partial charge is 0.109 e. The third kappa shape index (κ3) is 3.15. The standard InChI is InChI=1S/C13H18N2S2/c1-3-10(12-6-5-8-16-12)15-11(4-2)13-14-7-9-17-13/h5-11,15H,3-4H2,1-2H3. The molecule has 2 rings (SSSR count). The van der Waals surface area contributed by atoms with E-state index in [2.05, 4.69) is 41.7 Å². The van der Waals surface area contributed by atoms with Crippen molar-refractivity contribution in [1.82, 2.24) is 10.3 Å². The number of hydrogen-bond acceptors (Lipinski definition) is 4. The number of hydrogen-bond donors (Lipinski definition) is 1. The fraction of sp³-hybridized carbons (Fsp3) is 0.462. The van der Waals surface area contributed by atoms with Crippen LogP contribution in [0.1, 0.15) is 48.7 Å². The van der Waals surface area contributed by atoms with Crippen LogP contribution >= 0.6 is 22.7 Å². The van der Waals surface area contributed by atoms with Gasteiger partial charge in [0.25, 0.3) is 0 Å². The van der Waals surface area contributed by atoms with E-state index in [4.69, 9.17) is 0 Å². The van der Waals surface area contributed by atoms with Gasteiger partial charge in [0.15, 0.2) is 0 Å². The zero-order chi connectivity index (χ0) is 12.1. The molecule has 17 heavy (non-hydrogen) atoms. The van der Waals surface area contributed by atoms with Crippen LogP contribution in [0.2, 0.25) is 0 Å². The van der Waals surface area contributed by atoms with Crippen LogP contribution in [0.15, 0.2) is 29.1 Å². The molecule has 92 valence electrons. The summed E-state index contributed by atoms with van der Waals surface area (Å²) in [7, 11) is 0. The van der Waals surface area contributed by atoms with Crippen molar-refractivity contribution < 1.29 is 0 Å². The molecule has 0 radical (unpaired) electrons. The third-order valence-corrected chi connectivity index (χ3v) is 4.73. The van der Waals surface area contributed by atoms with Gasteiger partial charge in [0.2, 0.25) is 0 Å². The lowest BCUT2D eigenvalue weighted by Crippen LogP contribution is -2.25. The van der Waals surface area contributed by atoms with Crippen molar-refractivity contribution >= 4 is 22.7 Å². The van der Waals surface area contributed by atoms with E-state index in [1.54, 1.807) is 11.3 Å². The molecule has 0 spiro atoms. The minimum atomic E-state index is 0.377. The molecule has 2 unspecified atom stereocenters. The number of thiophene rings is 1. The highest BCUT2D eigenvalue weighted by Gasteiger charge is 2.18. The van der Waals surface area contributed by atoms with Crippen LogP contribution in [-0.4, -0.2) is 4.98 Å². The second kappa shape index (κ2) is 6.28. The van der Waals surface area contributed by atoms with Crippen LogP contribution in [0, 0.1) is 0 Å². The SMILES string of the molecule is CCC(NC(CC)c1nccs1)c1cccs1. The molecule has 2 nitrogen and oxygen atoms in total. The van der Waals surface area contributed by atoms with E-state index in [9.17, 15) is 0 Å². The highest BCUT2D eigenvalue weighted by Crippen LogP contribution is 2.27. The Morgan fingerprint density at radius 2 is 2.00 bits per heavy atom.